The first-order valence-electron chi connectivity index (χ1n) is 7.01. The second-order valence-corrected chi connectivity index (χ2v) is 4.66. The molecule has 1 atom stereocenters. The third kappa shape index (κ3) is 5.69. The Morgan fingerprint density at radius 2 is 2.24 bits per heavy atom. The van der Waals surface area contributed by atoms with E-state index >= 15 is 0 Å². The highest BCUT2D eigenvalue weighted by molar-refractivity contribution is 5.80. The third-order valence-corrected chi connectivity index (χ3v) is 2.95. The van der Waals surface area contributed by atoms with Gasteiger partial charge in [-0.1, -0.05) is 12.1 Å². The Morgan fingerprint density at radius 3 is 2.90 bits per heavy atom. The number of hydrogen-bond donors (Lipinski definition) is 2. The summed E-state index contributed by atoms with van der Waals surface area (Å²) in [7, 11) is 1.60. The predicted octanol–water partition coefficient (Wildman–Crippen LogP) is 1.25. The van der Waals surface area contributed by atoms with Crippen LogP contribution in [0.3, 0.4) is 0 Å². The van der Waals surface area contributed by atoms with E-state index in [-0.39, 0.29) is 11.7 Å². The Morgan fingerprint density at radius 1 is 1.48 bits per heavy atom. The third-order valence-electron chi connectivity index (χ3n) is 2.95. The molecule has 0 radical (unpaired) electrons. The lowest BCUT2D eigenvalue weighted by molar-refractivity contribution is -0.127. The molecule has 5 nitrogen and oxygen atoms in total. The van der Waals surface area contributed by atoms with Crippen molar-refractivity contribution in [2.45, 2.75) is 25.9 Å². The number of nitrogens with two attached hydrogens (primary N) is 1. The molecular formula is C15H23FN2O3. The van der Waals surface area contributed by atoms with Crippen LogP contribution in [0, 0.1) is 5.82 Å². The van der Waals surface area contributed by atoms with Crippen LogP contribution in [0.25, 0.3) is 0 Å². The fourth-order valence-corrected chi connectivity index (χ4v) is 1.84. The Hall–Kier alpha value is -1.66. The average molecular weight is 298 g/mol. The van der Waals surface area contributed by atoms with Gasteiger partial charge in [0.15, 0.2) is 17.7 Å². The molecule has 21 heavy (non-hydrogen) atoms. The number of halogens is 1. The SMILES string of the molecule is COCCCNC(=O)C(C)Oc1c(F)cccc1CCN. The monoisotopic (exact) mass is 298 g/mol. The number of hydrogen-bond acceptors (Lipinski definition) is 4. The maximum Gasteiger partial charge on any atom is 0.260 e. The van der Waals surface area contributed by atoms with E-state index in [1.807, 2.05) is 0 Å². The number of rotatable bonds is 9. The molecule has 0 saturated heterocycles. The number of carbonyl (C=O) groups excluding carboxylic acids is 1. The summed E-state index contributed by atoms with van der Waals surface area (Å²) in [6.45, 7) is 3.04. The molecule has 3 N–H and O–H groups in total. The standard InChI is InChI=1S/C15H23FN2O3/c1-11(15(19)18-9-4-10-20-2)21-14-12(7-8-17)5-3-6-13(14)16/h3,5-6,11H,4,7-10,17H2,1-2H3,(H,18,19). The van der Waals surface area contributed by atoms with E-state index in [1.54, 1.807) is 26.2 Å². The second kappa shape index (κ2) is 9.31. The van der Waals surface area contributed by atoms with Crippen molar-refractivity contribution < 1.29 is 18.7 Å². The highest BCUT2D eigenvalue weighted by Crippen LogP contribution is 2.24. The van der Waals surface area contributed by atoms with Crippen LogP contribution in [0.15, 0.2) is 18.2 Å². The number of amides is 1. The molecule has 1 aromatic carbocycles. The zero-order chi connectivity index (χ0) is 15.7. The molecule has 0 bridgehead atoms. The zero-order valence-electron chi connectivity index (χ0n) is 12.5. The molecule has 0 saturated carbocycles. The summed E-state index contributed by atoms with van der Waals surface area (Å²) in [6.07, 6.45) is 0.434. The van der Waals surface area contributed by atoms with Crippen LogP contribution in [-0.4, -0.2) is 38.8 Å². The first-order chi connectivity index (χ1) is 10.1. The van der Waals surface area contributed by atoms with E-state index in [4.69, 9.17) is 15.2 Å². The summed E-state index contributed by atoms with van der Waals surface area (Å²) in [5.41, 5.74) is 6.16. The molecule has 1 unspecified atom stereocenters. The molecule has 118 valence electrons. The van der Waals surface area contributed by atoms with E-state index in [0.29, 0.717) is 38.1 Å². The van der Waals surface area contributed by atoms with Crippen LogP contribution in [0.4, 0.5) is 4.39 Å². The lowest BCUT2D eigenvalue weighted by Gasteiger charge is -2.17. The van der Waals surface area contributed by atoms with E-state index in [1.165, 1.54) is 6.07 Å². The smallest absolute Gasteiger partial charge is 0.260 e. The van der Waals surface area contributed by atoms with Crippen LogP contribution in [0.5, 0.6) is 5.75 Å². The minimum Gasteiger partial charge on any atom is -0.478 e. The van der Waals surface area contributed by atoms with Crippen molar-refractivity contribution in [1.82, 2.24) is 5.32 Å². The van der Waals surface area contributed by atoms with Crippen LogP contribution in [0.1, 0.15) is 18.9 Å². The minimum absolute atomic E-state index is 0.0995. The fourth-order valence-electron chi connectivity index (χ4n) is 1.84. The Balaban J connectivity index is 2.61. The van der Waals surface area contributed by atoms with Gasteiger partial charge >= 0.3 is 0 Å². The van der Waals surface area contributed by atoms with Gasteiger partial charge in [0, 0.05) is 20.3 Å². The first-order valence-corrected chi connectivity index (χ1v) is 7.01. The number of methoxy groups -OCH3 is 1. The molecule has 0 heterocycles. The van der Waals surface area contributed by atoms with Crippen molar-refractivity contribution in [1.29, 1.82) is 0 Å². The summed E-state index contributed by atoms with van der Waals surface area (Å²) in [5, 5.41) is 2.72. The van der Waals surface area contributed by atoms with Crippen molar-refractivity contribution in [3.05, 3.63) is 29.6 Å². The second-order valence-electron chi connectivity index (χ2n) is 4.66. The average Bonchev–Trinajstić information content (AvgIpc) is 2.47. The number of benzene rings is 1. The molecule has 0 aliphatic rings. The Kier molecular flexibility index (Phi) is 7.71. The van der Waals surface area contributed by atoms with Gasteiger partial charge in [0.05, 0.1) is 0 Å². The summed E-state index contributed by atoms with van der Waals surface area (Å²) >= 11 is 0. The lowest BCUT2D eigenvalue weighted by Crippen LogP contribution is -2.37. The van der Waals surface area contributed by atoms with Gasteiger partial charge in [0.1, 0.15) is 0 Å². The summed E-state index contributed by atoms with van der Waals surface area (Å²) in [6, 6.07) is 4.65. The molecule has 1 rings (SSSR count). The highest BCUT2D eigenvalue weighted by atomic mass is 19.1. The van der Waals surface area contributed by atoms with Crippen molar-refractivity contribution in [2.24, 2.45) is 5.73 Å². The zero-order valence-corrected chi connectivity index (χ0v) is 12.5. The van der Waals surface area contributed by atoms with E-state index in [0.717, 1.165) is 0 Å². The quantitative estimate of drug-likeness (QED) is 0.673. The van der Waals surface area contributed by atoms with Crippen molar-refractivity contribution >= 4 is 5.91 Å². The first kappa shape index (κ1) is 17.4. The van der Waals surface area contributed by atoms with Gasteiger partial charge in [0.25, 0.3) is 5.91 Å². The molecule has 0 spiro atoms. The number of para-hydroxylation sites is 1. The molecule has 1 aromatic rings. The molecule has 1 amide bonds. The topological polar surface area (TPSA) is 73.6 Å². The fraction of sp³-hybridized carbons (Fsp3) is 0.533. The van der Waals surface area contributed by atoms with Crippen LogP contribution in [-0.2, 0) is 16.0 Å². The maximum atomic E-state index is 13.8. The number of nitrogens with one attached hydrogen (secondary N) is 1. The van der Waals surface area contributed by atoms with E-state index in [2.05, 4.69) is 5.32 Å². The largest absolute Gasteiger partial charge is 0.478 e. The molecule has 6 heteroatoms. The van der Waals surface area contributed by atoms with Crippen LogP contribution < -0.4 is 15.8 Å². The summed E-state index contributed by atoms with van der Waals surface area (Å²) in [4.78, 5) is 11.9. The molecule has 0 aliphatic carbocycles. The van der Waals surface area contributed by atoms with Gasteiger partial charge in [-0.05, 0) is 37.9 Å². The van der Waals surface area contributed by atoms with Gasteiger partial charge in [-0.2, -0.15) is 0 Å². The lowest BCUT2D eigenvalue weighted by atomic mass is 10.1. The summed E-state index contributed by atoms with van der Waals surface area (Å²) in [5.74, 6) is -0.671. The van der Waals surface area contributed by atoms with Gasteiger partial charge in [-0.3, -0.25) is 4.79 Å². The van der Waals surface area contributed by atoms with Gasteiger partial charge in [-0.15, -0.1) is 0 Å². The Labute approximate surface area is 124 Å². The molecule has 0 aliphatic heterocycles. The van der Waals surface area contributed by atoms with Gasteiger partial charge in [0.2, 0.25) is 0 Å². The van der Waals surface area contributed by atoms with Crippen molar-refractivity contribution in [3.8, 4) is 5.75 Å². The molecular weight excluding hydrogens is 275 g/mol. The van der Waals surface area contributed by atoms with Crippen LogP contribution >= 0.6 is 0 Å². The van der Waals surface area contributed by atoms with Crippen molar-refractivity contribution in [3.63, 3.8) is 0 Å². The maximum absolute atomic E-state index is 13.8. The van der Waals surface area contributed by atoms with Crippen molar-refractivity contribution in [2.75, 3.05) is 26.8 Å². The van der Waals surface area contributed by atoms with E-state index < -0.39 is 11.9 Å². The number of ether oxygens (including phenoxy) is 2. The molecule has 0 fully saturated rings. The summed E-state index contributed by atoms with van der Waals surface area (Å²) < 4.78 is 24.2. The van der Waals surface area contributed by atoms with Gasteiger partial charge < -0.3 is 20.5 Å². The van der Waals surface area contributed by atoms with Crippen LogP contribution in [0.2, 0.25) is 0 Å². The minimum atomic E-state index is -0.777. The highest BCUT2D eigenvalue weighted by Gasteiger charge is 2.18. The normalized spacial score (nSPS) is 12.0. The van der Waals surface area contributed by atoms with Gasteiger partial charge in [-0.25, -0.2) is 4.39 Å². The Bertz CT molecular complexity index is 455. The number of carbonyl (C=O) groups is 1. The predicted molar refractivity (Wildman–Crippen MR) is 78.8 cm³/mol. The van der Waals surface area contributed by atoms with E-state index in [9.17, 15) is 9.18 Å². The molecule has 0 aromatic heterocycles.